The van der Waals surface area contributed by atoms with Crippen molar-refractivity contribution in [2.75, 3.05) is 30.9 Å². The molecule has 4 aromatic heterocycles. The number of hydrogen-bond acceptors (Lipinski definition) is 9. The molecule has 0 bridgehead atoms. The van der Waals surface area contributed by atoms with Crippen LogP contribution < -0.4 is 20.7 Å². The number of methoxy groups -OCH3 is 1. The molecule has 218 valence electrons. The van der Waals surface area contributed by atoms with Gasteiger partial charge in [-0.25, -0.2) is 4.79 Å². The second kappa shape index (κ2) is 12.7. The fourth-order valence-corrected chi connectivity index (χ4v) is 5.17. The molecule has 0 saturated carbocycles. The van der Waals surface area contributed by atoms with E-state index < -0.39 is 6.03 Å². The lowest BCUT2D eigenvalue weighted by molar-refractivity contribution is 0.199. The van der Waals surface area contributed by atoms with Gasteiger partial charge in [0.25, 0.3) is 0 Å². The Kier molecular flexibility index (Phi) is 8.81. The van der Waals surface area contributed by atoms with Gasteiger partial charge in [-0.15, -0.1) is 11.3 Å². The first kappa shape index (κ1) is 29.2. The lowest BCUT2D eigenvalue weighted by Crippen LogP contribution is -2.19. The molecule has 0 atom stereocenters. The maximum atomic E-state index is 12.5. The third-order valence-electron chi connectivity index (χ3n) is 6.41. The van der Waals surface area contributed by atoms with Crippen LogP contribution in [0, 0.1) is 6.92 Å². The van der Waals surface area contributed by atoms with E-state index in [0.717, 1.165) is 45.0 Å². The molecule has 0 aliphatic heterocycles. The van der Waals surface area contributed by atoms with Gasteiger partial charge in [0, 0.05) is 55.8 Å². The number of pyridine rings is 2. The zero-order valence-electron chi connectivity index (χ0n) is 24.3. The molecule has 0 unspecified atom stereocenters. The van der Waals surface area contributed by atoms with Crippen molar-refractivity contribution in [1.29, 1.82) is 0 Å². The van der Waals surface area contributed by atoms with E-state index in [0.29, 0.717) is 35.4 Å². The van der Waals surface area contributed by atoms with Gasteiger partial charge in [-0.3, -0.25) is 15.3 Å². The summed E-state index contributed by atoms with van der Waals surface area (Å²) in [5.74, 6) is 2.43. The molecule has 11 heteroatoms. The number of carbonyl (C=O) groups is 1. The number of amides is 2. The van der Waals surface area contributed by atoms with Crippen LogP contribution in [0.15, 0.2) is 65.4 Å². The second-order valence-corrected chi connectivity index (χ2v) is 11.9. The van der Waals surface area contributed by atoms with E-state index in [4.69, 9.17) is 14.0 Å². The highest BCUT2D eigenvalue weighted by atomic mass is 32.1. The van der Waals surface area contributed by atoms with E-state index >= 15 is 0 Å². The van der Waals surface area contributed by atoms with Crippen molar-refractivity contribution >= 4 is 39.1 Å². The summed E-state index contributed by atoms with van der Waals surface area (Å²) in [6.45, 7) is 10.2. The summed E-state index contributed by atoms with van der Waals surface area (Å²) in [6.07, 6.45) is 3.62. The third-order valence-corrected chi connectivity index (χ3v) is 7.57. The largest absolute Gasteiger partial charge is 0.455 e. The Bertz CT molecular complexity index is 1670. The van der Waals surface area contributed by atoms with Crippen molar-refractivity contribution < 1.29 is 18.8 Å². The summed E-state index contributed by atoms with van der Waals surface area (Å²) in [7, 11) is 1.69. The summed E-state index contributed by atoms with van der Waals surface area (Å²) in [6, 6.07) is 14.8. The normalized spacial score (nSPS) is 11.5. The smallest absolute Gasteiger partial charge is 0.324 e. The van der Waals surface area contributed by atoms with Gasteiger partial charge in [-0.05, 0) is 48.4 Å². The van der Waals surface area contributed by atoms with Gasteiger partial charge in [0.2, 0.25) is 0 Å². The minimum atomic E-state index is -0.414. The van der Waals surface area contributed by atoms with Crippen molar-refractivity contribution in [3.05, 3.63) is 77.8 Å². The minimum Gasteiger partial charge on any atom is -0.455 e. The van der Waals surface area contributed by atoms with E-state index in [2.05, 4.69) is 37.1 Å². The Morgan fingerprint density at radius 1 is 1.02 bits per heavy atom. The highest BCUT2D eigenvalue weighted by Gasteiger charge is 2.20. The zero-order chi connectivity index (χ0) is 29.7. The number of hydrogen-bond donors (Lipinski definition) is 3. The van der Waals surface area contributed by atoms with Crippen LogP contribution >= 0.6 is 11.3 Å². The van der Waals surface area contributed by atoms with Crippen molar-refractivity contribution in [2.24, 2.45) is 0 Å². The number of fused-ring (bicyclic) bond motifs is 1. The molecule has 0 aliphatic rings. The number of benzene rings is 1. The van der Waals surface area contributed by atoms with Crippen molar-refractivity contribution in [3.63, 3.8) is 0 Å². The predicted octanol–water partition coefficient (Wildman–Crippen LogP) is 7.12. The summed E-state index contributed by atoms with van der Waals surface area (Å²) < 4.78 is 17.7. The maximum Gasteiger partial charge on any atom is 0.324 e. The molecule has 5 rings (SSSR count). The van der Waals surface area contributed by atoms with Crippen LogP contribution in [0.5, 0.6) is 11.5 Å². The monoisotopic (exact) mass is 586 g/mol. The first-order valence-corrected chi connectivity index (χ1v) is 14.4. The number of anilines is 2. The predicted molar refractivity (Wildman–Crippen MR) is 166 cm³/mol. The lowest BCUT2D eigenvalue weighted by atomic mass is 9.93. The molecule has 4 heterocycles. The molecule has 1 aromatic carbocycles. The molecule has 2 amide bonds. The second-order valence-electron chi connectivity index (χ2n) is 10.8. The van der Waals surface area contributed by atoms with E-state index in [1.807, 2.05) is 64.2 Å². The SMILES string of the molecule is COCCNCc1ccc(-c2cc3nccc(Oc4ccc(NC(=O)Nc5cc(C(C)(C)C)on5)cc4C)c3s2)nc1. The van der Waals surface area contributed by atoms with Crippen molar-refractivity contribution in [2.45, 2.75) is 39.7 Å². The van der Waals surface area contributed by atoms with E-state index in [9.17, 15) is 4.79 Å². The van der Waals surface area contributed by atoms with Crippen LogP contribution in [-0.2, 0) is 16.7 Å². The molecule has 0 spiro atoms. The van der Waals surface area contributed by atoms with Crippen LogP contribution in [0.2, 0.25) is 0 Å². The Morgan fingerprint density at radius 2 is 1.88 bits per heavy atom. The summed E-state index contributed by atoms with van der Waals surface area (Å²) in [4.78, 5) is 22.7. The molecule has 0 radical (unpaired) electrons. The first-order valence-electron chi connectivity index (χ1n) is 13.6. The number of thiophene rings is 1. The molecule has 42 heavy (non-hydrogen) atoms. The highest BCUT2D eigenvalue weighted by molar-refractivity contribution is 7.22. The Labute approximate surface area is 248 Å². The van der Waals surface area contributed by atoms with Crippen LogP contribution in [0.1, 0.15) is 37.7 Å². The molecule has 0 aliphatic carbocycles. The van der Waals surface area contributed by atoms with Gasteiger partial charge in [0.1, 0.15) is 17.3 Å². The van der Waals surface area contributed by atoms with E-state index in [1.165, 1.54) is 0 Å². The molecule has 5 aromatic rings. The summed E-state index contributed by atoms with van der Waals surface area (Å²) in [5, 5.41) is 12.8. The number of nitrogens with zero attached hydrogens (tertiary/aromatic N) is 3. The standard InChI is InChI=1S/C31H34N6O4S/c1-19-14-21(35-30(38)36-28-16-27(41-37-28)31(2,3)4)7-9-24(19)40-25-10-11-33-23-15-26(42-29(23)25)22-8-6-20(18-34-22)17-32-12-13-39-5/h6-11,14-16,18,32H,12-13,17H2,1-5H3,(H2,35,36,37,38). The number of carbonyl (C=O) groups excluding carboxylic acids is 1. The molecular weight excluding hydrogens is 552 g/mol. The topological polar surface area (TPSA) is 123 Å². The fourth-order valence-electron chi connectivity index (χ4n) is 4.13. The highest BCUT2D eigenvalue weighted by Crippen LogP contribution is 2.39. The number of nitrogens with one attached hydrogen (secondary N) is 3. The molecule has 3 N–H and O–H groups in total. The molecular formula is C31H34N6O4S. The average Bonchev–Trinajstić information content (AvgIpc) is 3.61. The van der Waals surface area contributed by atoms with E-state index in [1.54, 1.807) is 36.8 Å². The maximum absolute atomic E-state index is 12.5. The van der Waals surface area contributed by atoms with Crippen molar-refractivity contribution in [1.82, 2.24) is 20.4 Å². The van der Waals surface area contributed by atoms with Crippen LogP contribution in [0.25, 0.3) is 20.8 Å². The molecule has 0 fully saturated rings. The number of ether oxygens (including phenoxy) is 2. The summed E-state index contributed by atoms with van der Waals surface area (Å²) in [5.41, 5.74) is 4.12. The van der Waals surface area contributed by atoms with E-state index in [-0.39, 0.29) is 5.41 Å². The first-order chi connectivity index (χ1) is 20.2. The van der Waals surface area contributed by atoms with Crippen molar-refractivity contribution in [3.8, 4) is 22.1 Å². The number of rotatable bonds is 10. The molecule has 10 nitrogen and oxygen atoms in total. The Balaban J connectivity index is 1.25. The fraction of sp³-hybridized carbons (Fsp3) is 0.290. The zero-order valence-corrected chi connectivity index (χ0v) is 25.1. The molecule has 0 saturated heterocycles. The van der Waals surface area contributed by atoms with Gasteiger partial charge in [-0.2, -0.15) is 0 Å². The van der Waals surface area contributed by atoms with Gasteiger partial charge < -0.3 is 24.6 Å². The third kappa shape index (κ3) is 7.11. The Hall–Kier alpha value is -4.32. The Morgan fingerprint density at radius 3 is 2.60 bits per heavy atom. The quantitative estimate of drug-likeness (QED) is 0.148. The number of aryl methyl sites for hydroxylation is 1. The van der Waals surface area contributed by atoms with Crippen LogP contribution in [-0.4, -0.2) is 41.4 Å². The summed E-state index contributed by atoms with van der Waals surface area (Å²) >= 11 is 1.59. The van der Waals surface area contributed by atoms with Gasteiger partial charge in [0.15, 0.2) is 5.82 Å². The van der Waals surface area contributed by atoms with Gasteiger partial charge in [-0.1, -0.05) is 32.0 Å². The average molecular weight is 587 g/mol. The van der Waals surface area contributed by atoms with Crippen LogP contribution in [0.3, 0.4) is 0 Å². The van der Waals surface area contributed by atoms with Gasteiger partial charge in [0.05, 0.1) is 27.4 Å². The van der Waals surface area contributed by atoms with Gasteiger partial charge >= 0.3 is 6.03 Å². The van der Waals surface area contributed by atoms with Crippen LogP contribution in [0.4, 0.5) is 16.3 Å². The number of aromatic nitrogens is 3. The minimum absolute atomic E-state index is 0.203. The number of urea groups is 1. The lowest BCUT2D eigenvalue weighted by Gasteiger charge is -2.12.